The quantitative estimate of drug-likeness (QED) is 0.391. The molecule has 0 spiro atoms. The van der Waals surface area contributed by atoms with Gasteiger partial charge in [0.1, 0.15) is 18.9 Å². The number of para-hydroxylation sites is 1. The normalized spacial score (nSPS) is 11.7. The smallest absolute Gasteiger partial charge is 0.264 e. The molecule has 0 aliphatic carbocycles. The predicted molar refractivity (Wildman–Crippen MR) is 141 cm³/mol. The maximum atomic E-state index is 13.5. The summed E-state index contributed by atoms with van der Waals surface area (Å²) in [4.78, 5) is 12.9. The summed E-state index contributed by atoms with van der Waals surface area (Å²) in [7, 11) is -4.00. The van der Waals surface area contributed by atoms with Crippen molar-refractivity contribution in [2.45, 2.75) is 38.0 Å². The lowest BCUT2D eigenvalue weighted by Crippen LogP contribution is -2.42. The summed E-state index contributed by atoms with van der Waals surface area (Å²) in [6, 6.07) is 20.8. The van der Waals surface area contributed by atoms with E-state index < -0.39 is 22.5 Å². The van der Waals surface area contributed by atoms with Crippen LogP contribution in [0.15, 0.2) is 77.7 Å². The second kappa shape index (κ2) is 11.1. The largest absolute Gasteiger partial charge is 0.491 e. The molecule has 1 amide bonds. The number of rotatable bonds is 9. The fourth-order valence-electron chi connectivity index (χ4n) is 3.62. The van der Waals surface area contributed by atoms with Crippen LogP contribution in [-0.2, 0) is 20.2 Å². The average molecular weight is 515 g/mol. The van der Waals surface area contributed by atoms with Gasteiger partial charge >= 0.3 is 0 Å². The summed E-state index contributed by atoms with van der Waals surface area (Å²) in [6.07, 6.45) is 0. The molecule has 0 unspecified atom stereocenters. The molecule has 0 fully saturated rings. The Hall–Kier alpha value is -3.03. The van der Waals surface area contributed by atoms with Gasteiger partial charge in [-0.3, -0.25) is 9.10 Å². The van der Waals surface area contributed by atoms with Crippen molar-refractivity contribution in [3.8, 4) is 5.75 Å². The maximum absolute atomic E-state index is 13.5. The summed E-state index contributed by atoms with van der Waals surface area (Å²) in [5.41, 5.74) is 2.03. The lowest BCUT2D eigenvalue weighted by molar-refractivity contribution is -0.119. The minimum atomic E-state index is -4.00. The zero-order valence-corrected chi connectivity index (χ0v) is 22.0. The first-order chi connectivity index (χ1) is 16.5. The number of sulfonamides is 1. The first-order valence-corrected chi connectivity index (χ1v) is 13.1. The molecular weight excluding hydrogens is 484 g/mol. The standard InChI is InChI=1S/C27H31ClN2O4S/c1-20-14-15-21(28)18-24(20)30(35(32,33)22-10-6-5-7-11-22)19-26(31)29-16-17-34-25-13-9-8-12-23(25)27(2,3)4/h5-15,18H,16-17,19H2,1-4H3,(H,29,31). The van der Waals surface area contributed by atoms with E-state index in [1.807, 2.05) is 24.3 Å². The van der Waals surface area contributed by atoms with Crippen LogP contribution in [0.4, 0.5) is 5.69 Å². The topological polar surface area (TPSA) is 75.7 Å². The number of halogens is 1. The van der Waals surface area contributed by atoms with E-state index in [0.717, 1.165) is 15.6 Å². The Kier molecular flexibility index (Phi) is 8.46. The van der Waals surface area contributed by atoms with Crippen LogP contribution >= 0.6 is 11.6 Å². The minimum Gasteiger partial charge on any atom is -0.491 e. The molecule has 0 radical (unpaired) electrons. The number of carbonyl (C=O) groups excluding carboxylic acids is 1. The first kappa shape index (κ1) is 26.6. The summed E-state index contributed by atoms with van der Waals surface area (Å²) in [5.74, 6) is 0.314. The Balaban J connectivity index is 1.73. The second-order valence-corrected chi connectivity index (χ2v) is 11.5. The Morgan fingerprint density at radius 2 is 1.66 bits per heavy atom. The highest BCUT2D eigenvalue weighted by Crippen LogP contribution is 2.31. The average Bonchev–Trinajstić information content (AvgIpc) is 2.82. The van der Waals surface area contributed by atoms with Crippen molar-refractivity contribution in [1.82, 2.24) is 5.32 Å². The van der Waals surface area contributed by atoms with Crippen LogP contribution in [0.1, 0.15) is 31.9 Å². The van der Waals surface area contributed by atoms with Crippen molar-refractivity contribution in [3.05, 3.63) is 88.9 Å². The SMILES string of the molecule is Cc1ccc(Cl)cc1N(CC(=O)NCCOc1ccccc1C(C)(C)C)S(=O)(=O)c1ccccc1. The highest BCUT2D eigenvalue weighted by molar-refractivity contribution is 7.92. The molecular formula is C27H31ClN2O4S. The Bertz CT molecular complexity index is 1270. The van der Waals surface area contributed by atoms with Crippen LogP contribution in [0.25, 0.3) is 0 Å². The second-order valence-electron chi connectivity index (χ2n) is 9.20. The van der Waals surface area contributed by atoms with Crippen LogP contribution in [0, 0.1) is 6.92 Å². The van der Waals surface area contributed by atoms with Crippen molar-refractivity contribution in [2.24, 2.45) is 0 Å². The molecule has 0 heterocycles. The van der Waals surface area contributed by atoms with Crippen LogP contribution in [0.5, 0.6) is 5.75 Å². The predicted octanol–water partition coefficient (Wildman–Crippen LogP) is 5.34. The Morgan fingerprint density at radius 1 is 1.00 bits per heavy atom. The van der Waals surface area contributed by atoms with Crippen LogP contribution in [0.3, 0.4) is 0 Å². The summed E-state index contributed by atoms with van der Waals surface area (Å²) < 4.78 is 33.9. The van der Waals surface area contributed by atoms with E-state index in [1.165, 1.54) is 12.1 Å². The summed E-state index contributed by atoms with van der Waals surface area (Å²) >= 11 is 6.16. The fourth-order valence-corrected chi connectivity index (χ4v) is 5.29. The molecule has 3 aromatic carbocycles. The van der Waals surface area contributed by atoms with E-state index in [0.29, 0.717) is 16.3 Å². The molecule has 8 heteroatoms. The number of hydrogen-bond donors (Lipinski definition) is 1. The van der Waals surface area contributed by atoms with E-state index in [2.05, 4.69) is 26.1 Å². The number of anilines is 1. The minimum absolute atomic E-state index is 0.0824. The molecule has 0 aliphatic rings. The van der Waals surface area contributed by atoms with Gasteiger partial charge in [0.15, 0.2) is 0 Å². The molecule has 35 heavy (non-hydrogen) atoms. The number of hydrogen-bond acceptors (Lipinski definition) is 4. The fraction of sp³-hybridized carbons (Fsp3) is 0.296. The zero-order chi connectivity index (χ0) is 25.6. The number of amides is 1. The number of benzene rings is 3. The number of nitrogens with zero attached hydrogens (tertiary/aromatic N) is 1. The van der Waals surface area contributed by atoms with Gasteiger partial charge in [0.05, 0.1) is 17.1 Å². The van der Waals surface area contributed by atoms with Gasteiger partial charge in [0.25, 0.3) is 10.0 Å². The van der Waals surface area contributed by atoms with E-state index in [1.54, 1.807) is 43.3 Å². The molecule has 1 N–H and O–H groups in total. The van der Waals surface area contributed by atoms with E-state index in [-0.39, 0.29) is 23.5 Å². The molecule has 0 aliphatic heterocycles. The van der Waals surface area contributed by atoms with Crippen molar-refractivity contribution >= 4 is 33.2 Å². The van der Waals surface area contributed by atoms with Gasteiger partial charge in [0, 0.05) is 5.02 Å². The van der Waals surface area contributed by atoms with Crippen molar-refractivity contribution in [2.75, 3.05) is 24.0 Å². The van der Waals surface area contributed by atoms with Gasteiger partial charge in [-0.1, -0.05) is 74.8 Å². The number of nitrogens with one attached hydrogen (secondary N) is 1. The highest BCUT2D eigenvalue weighted by atomic mass is 35.5. The van der Waals surface area contributed by atoms with Crippen molar-refractivity contribution in [1.29, 1.82) is 0 Å². The van der Waals surface area contributed by atoms with E-state index in [4.69, 9.17) is 16.3 Å². The van der Waals surface area contributed by atoms with Gasteiger partial charge in [-0.2, -0.15) is 0 Å². The maximum Gasteiger partial charge on any atom is 0.264 e. The number of aryl methyl sites for hydroxylation is 1. The Morgan fingerprint density at radius 3 is 2.34 bits per heavy atom. The van der Waals surface area contributed by atoms with Gasteiger partial charge in [-0.05, 0) is 53.8 Å². The lowest BCUT2D eigenvalue weighted by atomic mass is 9.86. The van der Waals surface area contributed by atoms with Gasteiger partial charge in [0.2, 0.25) is 5.91 Å². The molecule has 6 nitrogen and oxygen atoms in total. The molecule has 0 bridgehead atoms. The van der Waals surface area contributed by atoms with Gasteiger partial charge in [-0.15, -0.1) is 0 Å². The highest BCUT2D eigenvalue weighted by Gasteiger charge is 2.28. The monoisotopic (exact) mass is 514 g/mol. The number of ether oxygens (including phenoxy) is 1. The van der Waals surface area contributed by atoms with Gasteiger partial charge in [-0.25, -0.2) is 8.42 Å². The third kappa shape index (κ3) is 6.77. The molecule has 3 rings (SSSR count). The molecule has 3 aromatic rings. The molecule has 0 aromatic heterocycles. The van der Waals surface area contributed by atoms with Gasteiger partial charge < -0.3 is 10.1 Å². The lowest BCUT2D eigenvalue weighted by Gasteiger charge is -2.26. The van der Waals surface area contributed by atoms with E-state index >= 15 is 0 Å². The molecule has 186 valence electrons. The van der Waals surface area contributed by atoms with Crippen LogP contribution in [-0.4, -0.2) is 34.0 Å². The first-order valence-electron chi connectivity index (χ1n) is 11.3. The van der Waals surface area contributed by atoms with Crippen molar-refractivity contribution in [3.63, 3.8) is 0 Å². The third-order valence-corrected chi connectivity index (χ3v) is 7.44. The Labute approximate surface area is 212 Å². The van der Waals surface area contributed by atoms with Crippen LogP contribution < -0.4 is 14.4 Å². The van der Waals surface area contributed by atoms with Crippen LogP contribution in [0.2, 0.25) is 5.02 Å². The molecule has 0 saturated heterocycles. The summed E-state index contributed by atoms with van der Waals surface area (Å²) in [6.45, 7) is 8.18. The number of carbonyl (C=O) groups is 1. The summed E-state index contributed by atoms with van der Waals surface area (Å²) in [5, 5.41) is 3.15. The molecule has 0 saturated carbocycles. The third-order valence-electron chi connectivity index (χ3n) is 5.44. The molecule has 0 atom stereocenters. The zero-order valence-electron chi connectivity index (χ0n) is 20.4. The van der Waals surface area contributed by atoms with E-state index in [9.17, 15) is 13.2 Å². The van der Waals surface area contributed by atoms with Crippen molar-refractivity contribution < 1.29 is 17.9 Å².